The van der Waals surface area contributed by atoms with Gasteiger partial charge in [-0.1, -0.05) is 37.0 Å². The number of aryl methyl sites for hydroxylation is 1. The van der Waals surface area contributed by atoms with Gasteiger partial charge in [-0.15, -0.1) is 0 Å². The summed E-state index contributed by atoms with van der Waals surface area (Å²) in [7, 11) is -3.24. The summed E-state index contributed by atoms with van der Waals surface area (Å²) in [6.45, 7) is 8.05. The molecule has 1 saturated carbocycles. The molecule has 0 N–H and O–H groups in total. The highest BCUT2D eigenvalue weighted by molar-refractivity contribution is 7.89. The normalized spacial score (nSPS) is 26.8. The SMILES string of the molecule is Cc1ccc(N2CCN(CC[C@H]3CC4(CCN(S(=O)(=O)C5CCCCC5)CC4)C(=O)O3)CC2)cc1. The summed E-state index contributed by atoms with van der Waals surface area (Å²) in [6, 6.07) is 8.74. The van der Waals surface area contributed by atoms with E-state index in [9.17, 15) is 13.2 Å². The molecule has 35 heavy (non-hydrogen) atoms. The van der Waals surface area contributed by atoms with Gasteiger partial charge in [-0.3, -0.25) is 9.69 Å². The van der Waals surface area contributed by atoms with Crippen LogP contribution in [0.3, 0.4) is 0 Å². The Morgan fingerprint density at radius 3 is 2.26 bits per heavy atom. The number of piperazine rings is 1. The number of sulfonamides is 1. The highest BCUT2D eigenvalue weighted by Crippen LogP contribution is 2.45. The van der Waals surface area contributed by atoms with Crippen molar-refractivity contribution in [1.82, 2.24) is 9.21 Å². The van der Waals surface area contributed by atoms with Crippen molar-refractivity contribution in [3.8, 4) is 0 Å². The molecule has 1 aromatic carbocycles. The van der Waals surface area contributed by atoms with Gasteiger partial charge >= 0.3 is 5.97 Å². The van der Waals surface area contributed by atoms with Gasteiger partial charge in [-0.25, -0.2) is 12.7 Å². The predicted molar refractivity (Wildman–Crippen MR) is 138 cm³/mol. The number of nitrogens with zero attached hydrogens (tertiary/aromatic N) is 3. The summed E-state index contributed by atoms with van der Waals surface area (Å²) < 4.78 is 33.7. The van der Waals surface area contributed by atoms with Gasteiger partial charge in [0, 0.05) is 57.9 Å². The number of ether oxygens (including phenoxy) is 1. The number of hydrogen-bond donors (Lipinski definition) is 0. The first-order chi connectivity index (χ1) is 16.9. The molecule has 3 aliphatic heterocycles. The van der Waals surface area contributed by atoms with Crippen molar-refractivity contribution in [1.29, 1.82) is 0 Å². The van der Waals surface area contributed by atoms with Crippen molar-refractivity contribution in [3.05, 3.63) is 29.8 Å². The first kappa shape index (κ1) is 25.0. The molecule has 8 heteroatoms. The van der Waals surface area contributed by atoms with Gasteiger partial charge in [0.15, 0.2) is 0 Å². The monoisotopic (exact) mass is 503 g/mol. The van der Waals surface area contributed by atoms with Crippen LogP contribution in [0.15, 0.2) is 24.3 Å². The molecule has 3 saturated heterocycles. The van der Waals surface area contributed by atoms with E-state index in [2.05, 4.69) is 41.0 Å². The summed E-state index contributed by atoms with van der Waals surface area (Å²) in [5.41, 5.74) is 2.10. The molecule has 0 unspecified atom stereocenters. The fraction of sp³-hybridized carbons (Fsp3) is 0.741. The second-order valence-electron chi connectivity index (χ2n) is 11.2. The van der Waals surface area contributed by atoms with Crippen LogP contribution in [0.2, 0.25) is 0 Å². The molecular formula is C27H41N3O4S. The highest BCUT2D eigenvalue weighted by Gasteiger charge is 2.51. The van der Waals surface area contributed by atoms with E-state index >= 15 is 0 Å². The average Bonchev–Trinajstić information content (AvgIpc) is 3.18. The van der Waals surface area contributed by atoms with Gasteiger partial charge in [-0.05, 0) is 51.2 Å². The summed E-state index contributed by atoms with van der Waals surface area (Å²) in [5, 5.41) is -0.222. The lowest BCUT2D eigenvalue weighted by Crippen LogP contribution is -2.48. The van der Waals surface area contributed by atoms with E-state index < -0.39 is 15.4 Å². The minimum Gasteiger partial charge on any atom is -0.462 e. The van der Waals surface area contributed by atoms with Crippen molar-refractivity contribution in [2.45, 2.75) is 76.1 Å². The number of carbonyl (C=O) groups excluding carboxylic acids is 1. The van der Waals surface area contributed by atoms with Crippen molar-refractivity contribution < 1.29 is 17.9 Å². The zero-order valence-corrected chi connectivity index (χ0v) is 22.0. The van der Waals surface area contributed by atoms with E-state index in [-0.39, 0.29) is 17.3 Å². The molecule has 3 heterocycles. The Morgan fingerprint density at radius 1 is 0.943 bits per heavy atom. The van der Waals surface area contributed by atoms with E-state index in [4.69, 9.17) is 4.74 Å². The van der Waals surface area contributed by atoms with Crippen LogP contribution in [-0.2, 0) is 19.6 Å². The molecule has 0 bridgehead atoms. The van der Waals surface area contributed by atoms with E-state index in [0.29, 0.717) is 25.9 Å². The molecule has 0 aromatic heterocycles. The summed E-state index contributed by atoms with van der Waals surface area (Å²) >= 11 is 0. The second-order valence-corrected chi connectivity index (χ2v) is 13.4. The first-order valence-electron chi connectivity index (χ1n) is 13.6. The zero-order valence-electron chi connectivity index (χ0n) is 21.2. The van der Waals surface area contributed by atoms with Crippen LogP contribution >= 0.6 is 0 Å². The maximum atomic E-state index is 13.1. The molecule has 194 valence electrons. The second kappa shape index (κ2) is 10.4. The van der Waals surface area contributed by atoms with Crippen molar-refractivity contribution in [2.75, 3.05) is 50.7 Å². The van der Waals surface area contributed by atoms with Crippen molar-refractivity contribution in [3.63, 3.8) is 0 Å². The smallest absolute Gasteiger partial charge is 0.312 e. The molecule has 5 rings (SSSR count). The predicted octanol–water partition coefficient (Wildman–Crippen LogP) is 3.57. The number of hydrogen-bond acceptors (Lipinski definition) is 6. The van der Waals surface area contributed by atoms with Gasteiger partial charge in [0.2, 0.25) is 10.0 Å². The summed E-state index contributed by atoms with van der Waals surface area (Å²) in [4.78, 5) is 17.8. The van der Waals surface area contributed by atoms with Crippen LogP contribution in [0, 0.1) is 12.3 Å². The van der Waals surface area contributed by atoms with Crippen molar-refractivity contribution >= 4 is 21.7 Å². The van der Waals surface area contributed by atoms with Gasteiger partial charge in [0.25, 0.3) is 0 Å². The summed E-state index contributed by atoms with van der Waals surface area (Å²) in [5.74, 6) is -0.0959. The molecule has 1 aromatic rings. The van der Waals surface area contributed by atoms with Crippen LogP contribution < -0.4 is 4.90 Å². The quantitative estimate of drug-likeness (QED) is 0.553. The van der Waals surface area contributed by atoms with Gasteiger partial charge in [-0.2, -0.15) is 0 Å². The number of rotatable bonds is 6. The molecule has 1 atom stereocenters. The van der Waals surface area contributed by atoms with Crippen molar-refractivity contribution in [2.24, 2.45) is 5.41 Å². The maximum absolute atomic E-state index is 13.1. The van der Waals surface area contributed by atoms with E-state index in [1.807, 2.05) is 0 Å². The van der Waals surface area contributed by atoms with Gasteiger partial charge < -0.3 is 9.64 Å². The Balaban J connectivity index is 1.08. The van der Waals surface area contributed by atoms with Crippen LogP contribution in [0.5, 0.6) is 0 Å². The number of esters is 1. The lowest BCUT2D eigenvalue weighted by Gasteiger charge is -2.38. The minimum atomic E-state index is -3.24. The third-order valence-corrected chi connectivity index (χ3v) is 11.3. The molecule has 0 amide bonds. The lowest BCUT2D eigenvalue weighted by atomic mass is 9.76. The first-order valence-corrected chi connectivity index (χ1v) is 15.1. The Morgan fingerprint density at radius 2 is 1.60 bits per heavy atom. The molecule has 1 spiro atoms. The topological polar surface area (TPSA) is 70.2 Å². The van der Waals surface area contributed by atoms with Crippen LogP contribution in [0.25, 0.3) is 0 Å². The lowest BCUT2D eigenvalue weighted by molar-refractivity contribution is -0.150. The molecule has 4 aliphatic rings. The fourth-order valence-electron chi connectivity index (χ4n) is 6.46. The Kier molecular flexibility index (Phi) is 7.43. The van der Waals surface area contributed by atoms with E-state index in [0.717, 1.165) is 77.7 Å². The highest BCUT2D eigenvalue weighted by atomic mass is 32.2. The van der Waals surface area contributed by atoms with Gasteiger partial charge in [0.05, 0.1) is 10.7 Å². The van der Waals surface area contributed by atoms with Gasteiger partial charge in [0.1, 0.15) is 6.10 Å². The Labute approximate surface area is 210 Å². The Bertz CT molecular complexity index is 974. The number of benzene rings is 1. The number of piperidine rings is 1. The van der Waals surface area contributed by atoms with E-state index in [1.165, 1.54) is 11.3 Å². The third kappa shape index (κ3) is 5.39. The van der Waals surface area contributed by atoms with Crippen LogP contribution in [0.4, 0.5) is 5.69 Å². The third-order valence-electron chi connectivity index (χ3n) is 8.88. The molecule has 7 nitrogen and oxygen atoms in total. The Hall–Kier alpha value is -1.64. The van der Waals surface area contributed by atoms with E-state index in [1.54, 1.807) is 4.31 Å². The largest absolute Gasteiger partial charge is 0.462 e. The maximum Gasteiger partial charge on any atom is 0.312 e. The number of anilines is 1. The summed E-state index contributed by atoms with van der Waals surface area (Å²) in [6.07, 6.45) is 7.50. The standard InChI is InChI=1S/C27H41N3O4S/c1-22-7-9-23(10-8-22)29-19-17-28(18-20-29)14-11-24-21-27(26(31)34-24)12-15-30(16-13-27)35(32,33)25-5-3-2-4-6-25/h7-10,24-25H,2-6,11-21H2,1H3/t24-/m0/s1. The molecular weight excluding hydrogens is 462 g/mol. The zero-order chi connectivity index (χ0) is 24.5. The number of carbonyl (C=O) groups is 1. The fourth-order valence-corrected chi connectivity index (χ4v) is 8.50. The number of cyclic esters (lactones) is 1. The van der Waals surface area contributed by atoms with Crippen LogP contribution in [-0.4, -0.2) is 80.8 Å². The van der Waals surface area contributed by atoms with Crippen LogP contribution in [0.1, 0.15) is 63.4 Å². The minimum absolute atomic E-state index is 0.0425. The molecule has 0 radical (unpaired) electrons. The molecule has 1 aliphatic carbocycles. The average molecular weight is 504 g/mol. The molecule has 4 fully saturated rings.